The Morgan fingerprint density at radius 3 is 2.90 bits per heavy atom. The summed E-state index contributed by atoms with van der Waals surface area (Å²) in [4.78, 5) is 11.1. The van der Waals surface area contributed by atoms with Gasteiger partial charge in [0.25, 0.3) is 0 Å². The lowest BCUT2D eigenvalue weighted by Gasteiger charge is -2.41. The fourth-order valence-electron chi connectivity index (χ4n) is 2.91. The molecule has 0 spiro atoms. The zero-order valence-electron chi connectivity index (χ0n) is 12.5. The first-order chi connectivity index (χ1) is 9.67. The van der Waals surface area contributed by atoms with Crippen LogP contribution < -0.4 is 0 Å². The van der Waals surface area contributed by atoms with Crippen molar-refractivity contribution in [2.24, 2.45) is 5.41 Å². The maximum absolute atomic E-state index is 9.78. The molecule has 1 aromatic heterocycles. The van der Waals surface area contributed by atoms with Crippen molar-refractivity contribution >= 4 is 0 Å². The number of hydrogen-bond donors (Lipinski definition) is 1. The van der Waals surface area contributed by atoms with Crippen molar-refractivity contribution in [1.82, 2.24) is 14.9 Å². The minimum atomic E-state index is -0.0214. The molecule has 1 unspecified atom stereocenters. The number of rotatable bonds is 6. The quantitative estimate of drug-likeness (QED) is 0.853. The molecule has 0 aromatic carbocycles. The Bertz CT molecular complexity index is 410. The monoisotopic (exact) mass is 279 g/mol. The zero-order valence-corrected chi connectivity index (χ0v) is 12.5. The van der Waals surface area contributed by atoms with E-state index in [0.717, 1.165) is 50.3 Å². The van der Waals surface area contributed by atoms with Crippen LogP contribution in [0.5, 0.6) is 0 Å². The number of ether oxygens (including phenoxy) is 1. The number of nitrogens with zero attached hydrogens (tertiary/aromatic N) is 3. The van der Waals surface area contributed by atoms with E-state index in [1.165, 1.54) is 0 Å². The Balaban J connectivity index is 1.96. The first-order valence-electron chi connectivity index (χ1n) is 7.27. The summed E-state index contributed by atoms with van der Waals surface area (Å²) in [6, 6.07) is 0. The summed E-state index contributed by atoms with van der Waals surface area (Å²) in [7, 11) is 1.72. The Morgan fingerprint density at radius 2 is 2.25 bits per heavy atom. The topological polar surface area (TPSA) is 58.5 Å². The van der Waals surface area contributed by atoms with Gasteiger partial charge in [0.1, 0.15) is 0 Å². The molecule has 0 bridgehead atoms. The maximum atomic E-state index is 9.78. The minimum absolute atomic E-state index is 0.0214. The summed E-state index contributed by atoms with van der Waals surface area (Å²) < 4.78 is 5.19. The summed E-state index contributed by atoms with van der Waals surface area (Å²) in [5.41, 5.74) is 1.92. The molecule has 2 rings (SSSR count). The third-order valence-corrected chi connectivity index (χ3v) is 4.13. The van der Waals surface area contributed by atoms with Crippen molar-refractivity contribution in [2.45, 2.75) is 32.7 Å². The molecular formula is C15H25N3O2. The van der Waals surface area contributed by atoms with Gasteiger partial charge in [0.2, 0.25) is 0 Å². The molecule has 0 aliphatic carbocycles. The van der Waals surface area contributed by atoms with Crippen LogP contribution in [0.3, 0.4) is 0 Å². The standard InChI is InChI=1S/C15H25N3O2/c1-13-8-17-14(9-16-13)10-18-6-3-4-15(11-18,12-19)5-7-20-2/h8-9,19H,3-7,10-12H2,1-2H3. The summed E-state index contributed by atoms with van der Waals surface area (Å²) in [6.45, 7) is 5.65. The molecule has 5 heteroatoms. The lowest BCUT2D eigenvalue weighted by atomic mass is 9.78. The normalized spacial score (nSPS) is 23.9. The van der Waals surface area contributed by atoms with Crippen molar-refractivity contribution in [3.63, 3.8) is 0 Å². The van der Waals surface area contributed by atoms with Crippen molar-refractivity contribution in [1.29, 1.82) is 0 Å². The first-order valence-corrected chi connectivity index (χ1v) is 7.27. The molecule has 1 aliphatic rings. The van der Waals surface area contributed by atoms with Gasteiger partial charge in [-0.3, -0.25) is 14.9 Å². The van der Waals surface area contributed by atoms with Crippen LogP contribution in [0.15, 0.2) is 12.4 Å². The van der Waals surface area contributed by atoms with E-state index >= 15 is 0 Å². The molecule has 1 N–H and O–H groups in total. The highest BCUT2D eigenvalue weighted by atomic mass is 16.5. The largest absolute Gasteiger partial charge is 0.396 e. The van der Waals surface area contributed by atoms with Crippen molar-refractivity contribution in [3.8, 4) is 0 Å². The molecule has 2 heterocycles. The van der Waals surface area contributed by atoms with Gasteiger partial charge in [-0.25, -0.2) is 0 Å². The van der Waals surface area contributed by atoms with Crippen LogP contribution in [0, 0.1) is 12.3 Å². The summed E-state index contributed by atoms with van der Waals surface area (Å²) >= 11 is 0. The molecule has 1 saturated heterocycles. The highest BCUT2D eigenvalue weighted by molar-refractivity contribution is 5.01. The van der Waals surface area contributed by atoms with E-state index in [1.54, 1.807) is 7.11 Å². The third-order valence-electron chi connectivity index (χ3n) is 4.13. The van der Waals surface area contributed by atoms with Gasteiger partial charge < -0.3 is 9.84 Å². The molecule has 1 fully saturated rings. The Hall–Kier alpha value is -1.04. The van der Waals surface area contributed by atoms with Crippen LogP contribution in [0.2, 0.25) is 0 Å². The van der Waals surface area contributed by atoms with E-state index in [4.69, 9.17) is 4.74 Å². The molecule has 5 nitrogen and oxygen atoms in total. The van der Waals surface area contributed by atoms with Crippen LogP contribution >= 0.6 is 0 Å². The molecule has 1 aliphatic heterocycles. The lowest BCUT2D eigenvalue weighted by molar-refractivity contribution is 0.00434. The van der Waals surface area contributed by atoms with Crippen molar-refractivity contribution < 1.29 is 9.84 Å². The zero-order chi connectivity index (χ0) is 14.4. The third kappa shape index (κ3) is 3.98. The molecule has 112 valence electrons. The number of aromatic nitrogens is 2. The van der Waals surface area contributed by atoms with E-state index < -0.39 is 0 Å². The van der Waals surface area contributed by atoms with Crippen LogP contribution in [-0.2, 0) is 11.3 Å². The van der Waals surface area contributed by atoms with Gasteiger partial charge in [-0.2, -0.15) is 0 Å². The lowest BCUT2D eigenvalue weighted by Crippen LogP contribution is -2.45. The molecule has 1 aromatic rings. The number of piperidine rings is 1. The molecular weight excluding hydrogens is 254 g/mol. The van der Waals surface area contributed by atoms with E-state index in [1.807, 2.05) is 19.3 Å². The second kappa shape index (κ2) is 7.11. The van der Waals surface area contributed by atoms with Crippen LogP contribution in [0.25, 0.3) is 0 Å². The second-order valence-corrected chi connectivity index (χ2v) is 5.86. The minimum Gasteiger partial charge on any atom is -0.396 e. The summed E-state index contributed by atoms with van der Waals surface area (Å²) in [5, 5.41) is 9.78. The first kappa shape index (κ1) is 15.4. The van der Waals surface area contributed by atoms with Crippen LogP contribution in [0.4, 0.5) is 0 Å². The van der Waals surface area contributed by atoms with Crippen molar-refractivity contribution in [3.05, 3.63) is 23.8 Å². The second-order valence-electron chi connectivity index (χ2n) is 5.86. The van der Waals surface area contributed by atoms with Crippen molar-refractivity contribution in [2.75, 3.05) is 33.4 Å². The number of likely N-dealkylation sites (tertiary alicyclic amines) is 1. The number of aryl methyl sites for hydroxylation is 1. The van der Waals surface area contributed by atoms with E-state index in [2.05, 4.69) is 14.9 Å². The predicted octanol–water partition coefficient (Wildman–Crippen LogP) is 1.40. The highest BCUT2D eigenvalue weighted by Gasteiger charge is 2.34. The predicted molar refractivity (Wildman–Crippen MR) is 77.3 cm³/mol. The van der Waals surface area contributed by atoms with E-state index in [0.29, 0.717) is 6.61 Å². The number of aliphatic hydroxyl groups is 1. The van der Waals surface area contributed by atoms with Crippen LogP contribution in [-0.4, -0.2) is 53.4 Å². The van der Waals surface area contributed by atoms with Gasteiger partial charge in [0.15, 0.2) is 0 Å². The summed E-state index contributed by atoms with van der Waals surface area (Å²) in [5.74, 6) is 0. The number of methoxy groups -OCH3 is 1. The average Bonchev–Trinajstić information content (AvgIpc) is 2.48. The molecule has 20 heavy (non-hydrogen) atoms. The van der Waals surface area contributed by atoms with E-state index in [9.17, 15) is 5.11 Å². The summed E-state index contributed by atoms with van der Waals surface area (Å²) in [6.07, 6.45) is 6.76. The molecule has 0 saturated carbocycles. The SMILES string of the molecule is COCCC1(CO)CCCN(Cc2cnc(C)cn2)C1. The molecule has 1 atom stereocenters. The Labute approximate surface area is 121 Å². The Morgan fingerprint density at radius 1 is 1.40 bits per heavy atom. The van der Waals surface area contributed by atoms with Gasteiger partial charge in [-0.05, 0) is 32.7 Å². The fourth-order valence-corrected chi connectivity index (χ4v) is 2.91. The highest BCUT2D eigenvalue weighted by Crippen LogP contribution is 2.33. The van der Waals surface area contributed by atoms with Gasteiger partial charge in [-0.15, -0.1) is 0 Å². The molecule has 0 amide bonds. The fraction of sp³-hybridized carbons (Fsp3) is 0.733. The molecule has 0 radical (unpaired) electrons. The van der Waals surface area contributed by atoms with Crippen LogP contribution in [0.1, 0.15) is 30.7 Å². The Kier molecular flexibility index (Phi) is 5.46. The van der Waals surface area contributed by atoms with E-state index in [-0.39, 0.29) is 12.0 Å². The van der Waals surface area contributed by atoms with Gasteiger partial charge in [0, 0.05) is 44.6 Å². The average molecular weight is 279 g/mol. The van der Waals surface area contributed by atoms with Gasteiger partial charge >= 0.3 is 0 Å². The maximum Gasteiger partial charge on any atom is 0.0727 e. The number of hydrogen-bond acceptors (Lipinski definition) is 5. The van der Waals surface area contributed by atoms with Gasteiger partial charge in [-0.1, -0.05) is 0 Å². The smallest absolute Gasteiger partial charge is 0.0727 e. The number of aliphatic hydroxyl groups excluding tert-OH is 1. The van der Waals surface area contributed by atoms with Gasteiger partial charge in [0.05, 0.1) is 18.0 Å².